The molecule has 0 fully saturated rings. The van der Waals surface area contributed by atoms with Gasteiger partial charge in [0, 0.05) is 27.9 Å². The average molecular weight is 454 g/mol. The zero-order valence-electron chi connectivity index (χ0n) is 18.1. The van der Waals surface area contributed by atoms with Gasteiger partial charge in [-0.05, 0) is 48.7 Å². The summed E-state index contributed by atoms with van der Waals surface area (Å²) in [4.78, 5) is 12.8. The zero-order chi connectivity index (χ0) is 22.7. The number of hydrogen-bond acceptors (Lipinski definition) is 5. The molecule has 32 heavy (non-hydrogen) atoms. The highest BCUT2D eigenvalue weighted by molar-refractivity contribution is 6.31. The molecular formula is C25H24ClNO5. The lowest BCUT2D eigenvalue weighted by Gasteiger charge is -2.29. The van der Waals surface area contributed by atoms with E-state index >= 15 is 0 Å². The number of fused-ring (bicyclic) bond motifs is 1. The van der Waals surface area contributed by atoms with Crippen molar-refractivity contribution in [2.75, 3.05) is 26.6 Å². The summed E-state index contributed by atoms with van der Waals surface area (Å²) >= 11 is 6.01. The molecule has 1 heterocycles. The number of amides is 1. The number of benzene rings is 3. The van der Waals surface area contributed by atoms with Gasteiger partial charge in [0.05, 0.1) is 21.3 Å². The van der Waals surface area contributed by atoms with Gasteiger partial charge in [0.15, 0.2) is 11.5 Å². The van der Waals surface area contributed by atoms with Crippen LogP contribution in [-0.2, 0) is 6.42 Å². The first-order valence-corrected chi connectivity index (χ1v) is 10.6. The number of rotatable bonds is 6. The lowest BCUT2D eigenvalue weighted by molar-refractivity contribution is 0.102. The van der Waals surface area contributed by atoms with Crippen LogP contribution >= 0.6 is 11.6 Å². The Labute approximate surface area is 192 Å². The molecular weight excluding hydrogens is 430 g/mol. The summed E-state index contributed by atoms with van der Waals surface area (Å²) in [6.07, 6.45) is 1.27. The predicted molar refractivity (Wildman–Crippen MR) is 124 cm³/mol. The molecule has 1 unspecified atom stereocenters. The number of nitrogens with one attached hydrogen (secondary N) is 1. The smallest absolute Gasteiger partial charge is 0.255 e. The Morgan fingerprint density at radius 3 is 2.50 bits per heavy atom. The molecule has 7 heteroatoms. The summed E-state index contributed by atoms with van der Waals surface area (Å²) in [6, 6.07) is 16.3. The predicted octanol–water partition coefficient (Wildman–Crippen LogP) is 5.68. The number of ether oxygens (including phenoxy) is 4. The minimum absolute atomic E-state index is 0.204. The van der Waals surface area contributed by atoms with Crippen LogP contribution in [0.15, 0.2) is 54.6 Å². The highest BCUT2D eigenvalue weighted by atomic mass is 35.5. The van der Waals surface area contributed by atoms with Gasteiger partial charge < -0.3 is 24.3 Å². The second-order valence-electron chi connectivity index (χ2n) is 7.36. The van der Waals surface area contributed by atoms with Crippen LogP contribution in [0.4, 0.5) is 5.69 Å². The molecule has 6 nitrogen and oxygen atoms in total. The van der Waals surface area contributed by atoms with E-state index in [2.05, 4.69) is 5.32 Å². The fourth-order valence-corrected chi connectivity index (χ4v) is 4.10. The highest BCUT2D eigenvalue weighted by Crippen LogP contribution is 2.49. The van der Waals surface area contributed by atoms with E-state index in [0.717, 1.165) is 24.0 Å². The molecule has 1 N–H and O–H groups in total. The van der Waals surface area contributed by atoms with E-state index in [9.17, 15) is 4.79 Å². The van der Waals surface area contributed by atoms with E-state index in [0.29, 0.717) is 39.3 Å². The van der Waals surface area contributed by atoms with E-state index in [1.54, 1.807) is 51.7 Å². The highest BCUT2D eigenvalue weighted by Gasteiger charge is 2.29. The van der Waals surface area contributed by atoms with Crippen molar-refractivity contribution >= 4 is 23.2 Å². The van der Waals surface area contributed by atoms with Gasteiger partial charge in [-0.1, -0.05) is 29.8 Å². The first-order valence-electron chi connectivity index (χ1n) is 10.2. The van der Waals surface area contributed by atoms with Crippen LogP contribution in [-0.4, -0.2) is 27.2 Å². The van der Waals surface area contributed by atoms with E-state index in [1.165, 1.54) is 0 Å². The molecule has 1 atom stereocenters. The third-order valence-electron chi connectivity index (χ3n) is 5.42. The van der Waals surface area contributed by atoms with Crippen molar-refractivity contribution in [3.05, 3.63) is 76.3 Å². The second-order valence-corrected chi connectivity index (χ2v) is 7.79. The fourth-order valence-electron chi connectivity index (χ4n) is 3.91. The van der Waals surface area contributed by atoms with Crippen LogP contribution in [0.3, 0.4) is 0 Å². The van der Waals surface area contributed by atoms with Gasteiger partial charge in [-0.2, -0.15) is 0 Å². The molecule has 0 aliphatic carbocycles. The third kappa shape index (κ3) is 4.32. The first kappa shape index (κ1) is 21.8. The van der Waals surface area contributed by atoms with Gasteiger partial charge in [-0.3, -0.25) is 4.79 Å². The maximum Gasteiger partial charge on any atom is 0.255 e. The largest absolute Gasteiger partial charge is 0.493 e. The van der Waals surface area contributed by atoms with Crippen molar-refractivity contribution < 1.29 is 23.7 Å². The van der Waals surface area contributed by atoms with Crippen LogP contribution in [0.5, 0.6) is 23.0 Å². The van der Waals surface area contributed by atoms with E-state index < -0.39 is 0 Å². The Bertz CT molecular complexity index is 1150. The average Bonchev–Trinajstić information content (AvgIpc) is 2.82. The molecule has 0 radical (unpaired) electrons. The summed E-state index contributed by atoms with van der Waals surface area (Å²) in [5, 5.41) is 3.44. The second kappa shape index (κ2) is 9.40. The Morgan fingerprint density at radius 1 is 1.00 bits per heavy atom. The van der Waals surface area contributed by atoms with Gasteiger partial charge in [-0.15, -0.1) is 0 Å². The molecule has 0 saturated heterocycles. The van der Waals surface area contributed by atoms with E-state index in [1.807, 2.05) is 24.3 Å². The van der Waals surface area contributed by atoms with Crippen LogP contribution < -0.4 is 24.3 Å². The van der Waals surface area contributed by atoms with Crippen molar-refractivity contribution in [1.82, 2.24) is 0 Å². The van der Waals surface area contributed by atoms with Crippen molar-refractivity contribution in [1.29, 1.82) is 0 Å². The standard InChI is InChI=1S/C25H24ClNO5/c1-29-22-14-21-19(23(30-2)24(22)31-3)10-11-20(32-21)15-6-4-7-16(12-15)25(28)27-18-9-5-8-17(26)13-18/h4-9,12-14,20H,10-11H2,1-3H3,(H,27,28). The van der Waals surface area contributed by atoms with Crippen molar-refractivity contribution in [2.45, 2.75) is 18.9 Å². The number of anilines is 1. The van der Waals surface area contributed by atoms with Gasteiger partial charge in [0.2, 0.25) is 5.75 Å². The van der Waals surface area contributed by atoms with E-state index in [4.69, 9.17) is 30.5 Å². The van der Waals surface area contributed by atoms with Crippen LogP contribution in [0.1, 0.15) is 34.0 Å². The maximum absolute atomic E-state index is 12.8. The Morgan fingerprint density at radius 2 is 1.78 bits per heavy atom. The number of methoxy groups -OCH3 is 3. The zero-order valence-corrected chi connectivity index (χ0v) is 18.9. The maximum atomic E-state index is 12.8. The molecule has 1 amide bonds. The van der Waals surface area contributed by atoms with Crippen molar-refractivity contribution in [2.24, 2.45) is 0 Å². The first-order chi connectivity index (χ1) is 15.5. The van der Waals surface area contributed by atoms with Gasteiger partial charge in [0.1, 0.15) is 11.9 Å². The molecule has 1 aliphatic heterocycles. The minimum atomic E-state index is -0.210. The minimum Gasteiger partial charge on any atom is -0.493 e. The molecule has 0 spiro atoms. The quantitative estimate of drug-likeness (QED) is 0.519. The van der Waals surface area contributed by atoms with Crippen LogP contribution in [0.25, 0.3) is 0 Å². The summed E-state index contributed by atoms with van der Waals surface area (Å²) in [5.41, 5.74) is 3.05. The van der Waals surface area contributed by atoms with Crippen molar-refractivity contribution in [3.8, 4) is 23.0 Å². The number of carbonyl (C=O) groups is 1. The number of carbonyl (C=O) groups excluding carboxylic acids is 1. The molecule has 0 bridgehead atoms. The lowest BCUT2D eigenvalue weighted by Crippen LogP contribution is -2.18. The summed E-state index contributed by atoms with van der Waals surface area (Å²) in [5.74, 6) is 2.19. The summed E-state index contributed by atoms with van der Waals surface area (Å²) in [7, 11) is 4.76. The Kier molecular flexibility index (Phi) is 6.42. The Balaban J connectivity index is 1.58. The molecule has 4 rings (SSSR count). The monoisotopic (exact) mass is 453 g/mol. The SMILES string of the molecule is COc1cc2c(c(OC)c1OC)CCC(c1cccc(C(=O)Nc3cccc(Cl)c3)c1)O2. The van der Waals surface area contributed by atoms with Gasteiger partial charge >= 0.3 is 0 Å². The number of hydrogen-bond donors (Lipinski definition) is 1. The lowest BCUT2D eigenvalue weighted by atomic mass is 9.95. The van der Waals surface area contributed by atoms with Crippen LogP contribution in [0.2, 0.25) is 5.02 Å². The molecule has 1 aliphatic rings. The van der Waals surface area contributed by atoms with Gasteiger partial charge in [0.25, 0.3) is 5.91 Å². The molecule has 3 aromatic carbocycles. The third-order valence-corrected chi connectivity index (χ3v) is 5.66. The molecule has 166 valence electrons. The fraction of sp³-hybridized carbons (Fsp3) is 0.240. The summed E-state index contributed by atoms with van der Waals surface area (Å²) < 4.78 is 22.8. The van der Waals surface area contributed by atoms with E-state index in [-0.39, 0.29) is 12.0 Å². The van der Waals surface area contributed by atoms with Crippen LogP contribution in [0, 0.1) is 0 Å². The topological polar surface area (TPSA) is 66.0 Å². The Hall–Kier alpha value is -3.38. The normalized spacial score (nSPS) is 14.7. The summed E-state index contributed by atoms with van der Waals surface area (Å²) in [6.45, 7) is 0. The van der Waals surface area contributed by atoms with Gasteiger partial charge in [-0.25, -0.2) is 0 Å². The molecule has 0 saturated carbocycles. The number of halogens is 1. The molecule has 3 aromatic rings. The molecule has 0 aromatic heterocycles. The van der Waals surface area contributed by atoms with Crippen molar-refractivity contribution in [3.63, 3.8) is 0 Å².